The first-order chi connectivity index (χ1) is 14.3. The summed E-state index contributed by atoms with van der Waals surface area (Å²) >= 11 is 0. The van der Waals surface area contributed by atoms with Crippen LogP contribution in [0.5, 0.6) is 5.75 Å². The third kappa shape index (κ3) is 5.25. The van der Waals surface area contributed by atoms with Crippen LogP contribution in [0.15, 0.2) is 86.0 Å². The van der Waals surface area contributed by atoms with Gasteiger partial charge in [-0.2, -0.15) is 23.8 Å². The lowest BCUT2D eigenvalue weighted by atomic mass is 10.2. The minimum Gasteiger partial charge on any atom is -0.494 e. The zero-order valence-corrected chi connectivity index (χ0v) is 17.0. The van der Waals surface area contributed by atoms with E-state index in [9.17, 15) is 8.42 Å². The van der Waals surface area contributed by atoms with E-state index in [4.69, 9.17) is 15.0 Å². The summed E-state index contributed by atoms with van der Waals surface area (Å²) in [7, 11) is -2.81. The number of aryl methyl sites for hydroxylation is 1. The first-order valence-corrected chi connectivity index (χ1v) is 10.2. The number of hydrogen-bond donors (Lipinski definition) is 2. The summed E-state index contributed by atoms with van der Waals surface area (Å²) in [5, 5.41) is 16.5. The van der Waals surface area contributed by atoms with Crippen molar-refractivity contribution in [1.29, 1.82) is 0 Å². The molecule has 0 aromatic heterocycles. The van der Waals surface area contributed by atoms with Gasteiger partial charge in [-0.3, -0.25) is 4.55 Å². The Morgan fingerprint density at radius 3 is 2.20 bits per heavy atom. The predicted octanol–water partition coefficient (Wildman–Crippen LogP) is 5.66. The monoisotopic (exact) mass is 425 g/mol. The quantitative estimate of drug-likeness (QED) is 0.298. The Balaban J connectivity index is 1.84. The maximum atomic E-state index is 11.2. The molecule has 0 radical (unpaired) electrons. The molecular formula is C20H19N5O4S. The van der Waals surface area contributed by atoms with E-state index in [2.05, 4.69) is 20.5 Å². The van der Waals surface area contributed by atoms with Gasteiger partial charge in [0, 0.05) is 11.8 Å². The molecule has 3 aromatic rings. The minimum atomic E-state index is -4.31. The molecule has 0 aliphatic rings. The lowest BCUT2D eigenvalue weighted by molar-refractivity contribution is 0.416. The van der Waals surface area contributed by atoms with Crippen molar-refractivity contribution in [2.45, 2.75) is 11.8 Å². The second kappa shape index (κ2) is 8.80. The summed E-state index contributed by atoms with van der Waals surface area (Å²) in [6.45, 7) is 1.89. The fourth-order valence-electron chi connectivity index (χ4n) is 2.53. The number of nitrogens with two attached hydrogens (primary N) is 1. The van der Waals surface area contributed by atoms with Crippen LogP contribution in [0.3, 0.4) is 0 Å². The van der Waals surface area contributed by atoms with E-state index in [0.717, 1.165) is 5.56 Å². The molecule has 9 nitrogen and oxygen atoms in total. The Morgan fingerprint density at radius 2 is 1.53 bits per heavy atom. The molecule has 0 spiro atoms. The number of hydrogen-bond acceptors (Lipinski definition) is 8. The third-order valence-electron chi connectivity index (χ3n) is 4.05. The molecule has 3 N–H and O–H groups in total. The number of methoxy groups -OCH3 is 1. The van der Waals surface area contributed by atoms with E-state index >= 15 is 0 Å². The highest BCUT2D eigenvalue weighted by atomic mass is 32.2. The Labute approximate surface area is 173 Å². The fourth-order valence-corrected chi connectivity index (χ4v) is 3.05. The second-order valence-electron chi connectivity index (χ2n) is 6.27. The average Bonchev–Trinajstić information content (AvgIpc) is 2.71. The van der Waals surface area contributed by atoms with Crippen molar-refractivity contribution in [3.8, 4) is 5.75 Å². The molecule has 0 saturated heterocycles. The van der Waals surface area contributed by atoms with Crippen LogP contribution < -0.4 is 10.5 Å². The SMILES string of the molecule is COc1cc(N=Nc2cccc(S(=O)(=O)O)c2)ccc1N=Nc1ccc(N)cc1C. The number of nitrogens with zero attached hydrogens (tertiary/aromatic N) is 4. The van der Waals surface area contributed by atoms with Crippen LogP contribution in [0.2, 0.25) is 0 Å². The zero-order valence-electron chi connectivity index (χ0n) is 16.2. The summed E-state index contributed by atoms with van der Waals surface area (Å²) in [4.78, 5) is -0.259. The topological polar surface area (TPSA) is 139 Å². The Bertz CT molecular complexity index is 1240. The molecule has 0 bridgehead atoms. The number of benzene rings is 3. The van der Waals surface area contributed by atoms with Crippen LogP contribution in [0.25, 0.3) is 0 Å². The van der Waals surface area contributed by atoms with Crippen molar-refractivity contribution >= 4 is 38.6 Å². The highest BCUT2D eigenvalue weighted by molar-refractivity contribution is 7.85. The first-order valence-electron chi connectivity index (χ1n) is 8.71. The van der Waals surface area contributed by atoms with E-state index < -0.39 is 10.1 Å². The van der Waals surface area contributed by atoms with Gasteiger partial charge in [-0.05, 0) is 61.0 Å². The molecule has 30 heavy (non-hydrogen) atoms. The van der Waals surface area contributed by atoms with Crippen LogP contribution in [0.4, 0.5) is 28.4 Å². The first kappa shape index (κ1) is 21.1. The number of nitrogen functional groups attached to an aromatic ring is 1. The average molecular weight is 425 g/mol. The number of azo groups is 2. The maximum absolute atomic E-state index is 11.2. The van der Waals surface area contributed by atoms with E-state index in [-0.39, 0.29) is 10.6 Å². The predicted molar refractivity (Wildman–Crippen MR) is 113 cm³/mol. The largest absolute Gasteiger partial charge is 0.494 e. The summed E-state index contributed by atoms with van der Waals surface area (Å²) < 4.78 is 36.9. The van der Waals surface area contributed by atoms with E-state index in [1.54, 1.807) is 36.4 Å². The van der Waals surface area contributed by atoms with Crippen LogP contribution >= 0.6 is 0 Å². The molecule has 10 heteroatoms. The van der Waals surface area contributed by atoms with Gasteiger partial charge in [0.25, 0.3) is 10.1 Å². The van der Waals surface area contributed by atoms with Crippen molar-refractivity contribution in [1.82, 2.24) is 0 Å². The van der Waals surface area contributed by atoms with Gasteiger partial charge in [-0.1, -0.05) is 6.07 Å². The lowest BCUT2D eigenvalue weighted by Gasteiger charge is -2.05. The van der Waals surface area contributed by atoms with Crippen LogP contribution in [-0.4, -0.2) is 20.1 Å². The van der Waals surface area contributed by atoms with Gasteiger partial charge in [-0.25, -0.2) is 0 Å². The molecule has 0 saturated carbocycles. The smallest absolute Gasteiger partial charge is 0.294 e. The van der Waals surface area contributed by atoms with Crippen molar-refractivity contribution in [3.05, 3.63) is 66.2 Å². The standard InChI is InChI=1S/C20H19N5O4S/c1-13-10-14(21)6-8-18(13)24-25-19-9-7-16(12-20(19)29-2)23-22-15-4-3-5-17(11-15)30(26,27)28/h3-12H,21H2,1-2H3,(H,26,27,28). The lowest BCUT2D eigenvalue weighted by Crippen LogP contribution is -1.96. The highest BCUT2D eigenvalue weighted by Gasteiger charge is 2.09. The molecule has 0 aliphatic heterocycles. The van der Waals surface area contributed by atoms with Crippen LogP contribution in [-0.2, 0) is 10.1 Å². The molecule has 0 amide bonds. The summed E-state index contributed by atoms with van der Waals surface area (Å²) in [5.41, 5.74) is 9.22. The number of rotatable bonds is 6. The Hall–Kier alpha value is -3.63. The van der Waals surface area contributed by atoms with Gasteiger partial charge >= 0.3 is 0 Å². The minimum absolute atomic E-state index is 0.259. The molecule has 0 heterocycles. The van der Waals surface area contributed by atoms with Gasteiger partial charge < -0.3 is 10.5 Å². The molecular weight excluding hydrogens is 406 g/mol. The van der Waals surface area contributed by atoms with Crippen molar-refractivity contribution in [3.63, 3.8) is 0 Å². The summed E-state index contributed by atoms with van der Waals surface area (Å²) in [6, 6.07) is 15.8. The molecule has 0 fully saturated rings. The number of ether oxygens (including phenoxy) is 1. The zero-order chi connectivity index (χ0) is 21.7. The van der Waals surface area contributed by atoms with Gasteiger partial charge in [0.15, 0.2) is 0 Å². The molecule has 0 atom stereocenters. The number of anilines is 1. The van der Waals surface area contributed by atoms with E-state index in [1.165, 1.54) is 25.3 Å². The second-order valence-corrected chi connectivity index (χ2v) is 7.70. The van der Waals surface area contributed by atoms with Crippen molar-refractivity contribution in [2.24, 2.45) is 20.5 Å². The van der Waals surface area contributed by atoms with Crippen molar-refractivity contribution < 1.29 is 17.7 Å². The van der Waals surface area contributed by atoms with Gasteiger partial charge in [-0.15, -0.1) is 5.11 Å². The Kier molecular flexibility index (Phi) is 6.19. The van der Waals surface area contributed by atoms with Crippen LogP contribution in [0, 0.1) is 6.92 Å². The van der Waals surface area contributed by atoms with Crippen LogP contribution in [0.1, 0.15) is 5.56 Å². The van der Waals surface area contributed by atoms with Gasteiger partial charge in [0.05, 0.1) is 29.1 Å². The fraction of sp³-hybridized carbons (Fsp3) is 0.100. The molecule has 3 rings (SSSR count). The normalized spacial score (nSPS) is 12.0. The van der Waals surface area contributed by atoms with E-state index in [1.807, 2.05) is 13.0 Å². The molecule has 3 aromatic carbocycles. The van der Waals surface area contributed by atoms with E-state index in [0.29, 0.717) is 28.5 Å². The summed E-state index contributed by atoms with van der Waals surface area (Å²) in [6.07, 6.45) is 0. The highest BCUT2D eigenvalue weighted by Crippen LogP contribution is 2.34. The van der Waals surface area contributed by atoms with Crippen molar-refractivity contribution in [2.75, 3.05) is 12.8 Å². The summed E-state index contributed by atoms with van der Waals surface area (Å²) in [5.74, 6) is 0.440. The third-order valence-corrected chi connectivity index (χ3v) is 4.90. The van der Waals surface area contributed by atoms with Gasteiger partial charge in [0.2, 0.25) is 0 Å². The van der Waals surface area contributed by atoms with Gasteiger partial charge in [0.1, 0.15) is 11.4 Å². The molecule has 0 aliphatic carbocycles. The molecule has 0 unspecified atom stereocenters. The Morgan fingerprint density at radius 1 is 0.867 bits per heavy atom. The maximum Gasteiger partial charge on any atom is 0.294 e. The molecule has 154 valence electrons.